The van der Waals surface area contributed by atoms with E-state index in [1.54, 1.807) is 44.4 Å². The summed E-state index contributed by atoms with van der Waals surface area (Å²) < 4.78 is 12.6. The highest BCUT2D eigenvalue weighted by Crippen LogP contribution is 2.35. The zero-order chi connectivity index (χ0) is 26.8. The number of ether oxygens (including phenoxy) is 2. The third-order valence-corrected chi connectivity index (χ3v) is 7.21. The molecule has 1 aromatic heterocycles. The molecule has 1 unspecified atom stereocenters. The minimum Gasteiger partial charge on any atom is -0.504 e. The number of aromatic nitrogens is 1. The molecule has 9 heteroatoms. The van der Waals surface area contributed by atoms with E-state index in [0.717, 1.165) is 11.3 Å². The van der Waals surface area contributed by atoms with Crippen LogP contribution in [0.25, 0.3) is 6.08 Å². The topological polar surface area (TPSA) is 102 Å². The van der Waals surface area contributed by atoms with Crippen LogP contribution in [0.5, 0.6) is 17.2 Å². The molecule has 2 heterocycles. The molecule has 0 saturated heterocycles. The lowest BCUT2D eigenvalue weighted by atomic mass is 9.94. The number of benzene rings is 3. The fourth-order valence-electron chi connectivity index (χ4n) is 4.36. The van der Waals surface area contributed by atoms with Crippen LogP contribution in [0.1, 0.15) is 24.1 Å². The zero-order valence-electron chi connectivity index (χ0n) is 21.0. The van der Waals surface area contributed by atoms with Crippen molar-refractivity contribution in [1.29, 1.82) is 0 Å². The maximum absolute atomic E-state index is 13.8. The van der Waals surface area contributed by atoms with Gasteiger partial charge in [0.25, 0.3) is 11.5 Å². The number of allylic oxidation sites excluding steroid dienone is 1. The number of carbonyl (C=O) groups excluding carboxylic acids is 1. The summed E-state index contributed by atoms with van der Waals surface area (Å²) in [5, 5.41) is 13.1. The van der Waals surface area contributed by atoms with Gasteiger partial charge in [-0.3, -0.25) is 14.2 Å². The summed E-state index contributed by atoms with van der Waals surface area (Å²) >= 11 is 1.25. The lowest BCUT2D eigenvalue weighted by Gasteiger charge is -2.25. The van der Waals surface area contributed by atoms with Gasteiger partial charge in [0.15, 0.2) is 16.3 Å². The first kappa shape index (κ1) is 25.0. The number of nitrogens with one attached hydrogen (secondary N) is 1. The molecule has 192 valence electrons. The molecular formula is C29H25N3O5S. The standard InChI is InChI=1S/C29H25N3O5S/c1-17-25(27(34)31-20-7-5-4-6-8-20)26(19-11-14-22(33)23(16-19)37-3)32-28(35)24(38-29(32)30-17)15-18-9-12-21(36-2)13-10-18/h4-16,26,33H,1-3H3,(H,31,34)/b24-15+. The molecule has 0 bridgehead atoms. The molecule has 5 rings (SSSR count). The van der Waals surface area contributed by atoms with Crippen LogP contribution in [0.3, 0.4) is 0 Å². The first-order valence-electron chi connectivity index (χ1n) is 11.8. The molecular weight excluding hydrogens is 502 g/mol. The van der Waals surface area contributed by atoms with E-state index in [1.807, 2.05) is 42.5 Å². The van der Waals surface area contributed by atoms with Gasteiger partial charge in [0.2, 0.25) is 0 Å². The Kier molecular flexibility index (Phi) is 6.85. The van der Waals surface area contributed by atoms with Crippen LogP contribution in [0, 0.1) is 0 Å². The predicted octanol–water partition coefficient (Wildman–Crippen LogP) is 3.60. The maximum Gasteiger partial charge on any atom is 0.271 e. The largest absolute Gasteiger partial charge is 0.504 e. The normalized spacial score (nSPS) is 15.0. The Morgan fingerprint density at radius 1 is 1.05 bits per heavy atom. The van der Waals surface area contributed by atoms with Crippen molar-refractivity contribution < 1.29 is 19.4 Å². The Morgan fingerprint density at radius 3 is 2.47 bits per heavy atom. The second-order valence-electron chi connectivity index (χ2n) is 8.61. The number of methoxy groups -OCH3 is 2. The molecule has 1 atom stereocenters. The van der Waals surface area contributed by atoms with Gasteiger partial charge in [-0.15, -0.1) is 0 Å². The van der Waals surface area contributed by atoms with Crippen molar-refractivity contribution >= 4 is 29.0 Å². The van der Waals surface area contributed by atoms with Crippen LogP contribution in [0.4, 0.5) is 5.69 Å². The van der Waals surface area contributed by atoms with Gasteiger partial charge in [0.1, 0.15) is 5.75 Å². The summed E-state index contributed by atoms with van der Waals surface area (Å²) in [6, 6.07) is 20.5. The quantitative estimate of drug-likeness (QED) is 0.399. The maximum atomic E-state index is 13.8. The monoisotopic (exact) mass is 527 g/mol. The van der Waals surface area contributed by atoms with Crippen molar-refractivity contribution in [3.8, 4) is 17.2 Å². The van der Waals surface area contributed by atoms with Gasteiger partial charge < -0.3 is 19.9 Å². The van der Waals surface area contributed by atoms with Gasteiger partial charge in [-0.2, -0.15) is 0 Å². The third kappa shape index (κ3) is 4.71. The van der Waals surface area contributed by atoms with Crippen LogP contribution in [-0.4, -0.2) is 29.8 Å². The number of hydrogen-bond acceptors (Lipinski definition) is 7. The Morgan fingerprint density at radius 2 is 1.79 bits per heavy atom. The highest BCUT2D eigenvalue weighted by atomic mass is 32.1. The van der Waals surface area contributed by atoms with Crippen LogP contribution in [0.15, 0.2) is 93.9 Å². The number of phenols is 1. The van der Waals surface area contributed by atoms with Gasteiger partial charge in [0.05, 0.1) is 36.1 Å². The van der Waals surface area contributed by atoms with Gasteiger partial charge in [-0.25, -0.2) is 4.99 Å². The van der Waals surface area contributed by atoms with Gasteiger partial charge >= 0.3 is 0 Å². The molecule has 1 aliphatic rings. The summed E-state index contributed by atoms with van der Waals surface area (Å²) in [7, 11) is 3.04. The molecule has 0 aliphatic carbocycles. The Hall–Kier alpha value is -4.63. The molecule has 4 aromatic rings. The smallest absolute Gasteiger partial charge is 0.271 e. The van der Waals surface area contributed by atoms with E-state index < -0.39 is 6.04 Å². The van der Waals surface area contributed by atoms with Crippen molar-refractivity contribution in [3.63, 3.8) is 0 Å². The summed E-state index contributed by atoms with van der Waals surface area (Å²) in [5.41, 5.74) is 2.59. The summed E-state index contributed by atoms with van der Waals surface area (Å²) in [4.78, 5) is 32.6. The van der Waals surface area contributed by atoms with Gasteiger partial charge in [-0.1, -0.05) is 47.7 Å². The number of fused-ring (bicyclic) bond motifs is 1. The molecule has 38 heavy (non-hydrogen) atoms. The highest BCUT2D eigenvalue weighted by Gasteiger charge is 2.33. The number of para-hydroxylation sites is 1. The molecule has 0 spiro atoms. The summed E-state index contributed by atoms with van der Waals surface area (Å²) in [6.45, 7) is 1.76. The lowest BCUT2D eigenvalue weighted by molar-refractivity contribution is -0.113. The van der Waals surface area contributed by atoms with Crippen LogP contribution >= 0.6 is 11.3 Å². The van der Waals surface area contributed by atoms with E-state index in [9.17, 15) is 14.7 Å². The van der Waals surface area contributed by atoms with Gasteiger partial charge in [0, 0.05) is 5.69 Å². The molecule has 1 aliphatic heterocycles. The van der Waals surface area contributed by atoms with Crippen molar-refractivity contribution in [2.45, 2.75) is 13.0 Å². The molecule has 0 saturated carbocycles. The van der Waals surface area contributed by atoms with E-state index >= 15 is 0 Å². The van der Waals surface area contributed by atoms with Crippen molar-refractivity contribution in [2.75, 3.05) is 19.5 Å². The second-order valence-corrected chi connectivity index (χ2v) is 9.62. The fraction of sp³-hybridized carbons (Fsp3) is 0.138. The number of nitrogens with zero attached hydrogens (tertiary/aromatic N) is 2. The molecule has 1 amide bonds. The molecule has 2 N–H and O–H groups in total. The molecule has 8 nitrogen and oxygen atoms in total. The van der Waals surface area contributed by atoms with Crippen molar-refractivity contribution in [3.05, 3.63) is 115 Å². The van der Waals surface area contributed by atoms with E-state index in [-0.39, 0.29) is 23.0 Å². The SMILES string of the molecule is COc1ccc(/C=c2/sc3n(c2=O)C(c2ccc(O)c(OC)c2)C(C(=O)Nc2ccccc2)=C(C)N=3)cc1. The Bertz CT molecular complexity index is 1720. The number of carbonyl (C=O) groups is 1. The Labute approximate surface area is 222 Å². The first-order valence-corrected chi connectivity index (χ1v) is 12.6. The van der Waals surface area contributed by atoms with Crippen LogP contribution in [-0.2, 0) is 4.79 Å². The number of rotatable bonds is 6. The molecule has 3 aromatic carbocycles. The van der Waals surface area contributed by atoms with Gasteiger partial charge in [-0.05, 0) is 60.5 Å². The minimum atomic E-state index is -0.789. The number of thiazole rings is 1. The number of hydrogen-bond donors (Lipinski definition) is 2. The second kappa shape index (κ2) is 10.4. The zero-order valence-corrected chi connectivity index (χ0v) is 21.8. The molecule has 0 fully saturated rings. The Balaban J connectivity index is 1.68. The van der Waals surface area contributed by atoms with Crippen molar-refractivity contribution in [1.82, 2.24) is 4.57 Å². The van der Waals surface area contributed by atoms with Crippen molar-refractivity contribution in [2.24, 2.45) is 4.99 Å². The molecule has 0 radical (unpaired) electrons. The number of aromatic hydroxyl groups is 1. The average Bonchev–Trinajstić information content (AvgIpc) is 3.23. The van der Waals surface area contributed by atoms with Crippen LogP contribution < -0.4 is 29.7 Å². The van der Waals surface area contributed by atoms with E-state index in [4.69, 9.17) is 9.47 Å². The van der Waals surface area contributed by atoms with E-state index in [0.29, 0.717) is 31.9 Å². The fourth-order valence-corrected chi connectivity index (χ4v) is 5.41. The van der Waals surface area contributed by atoms with E-state index in [2.05, 4.69) is 10.3 Å². The number of phenolic OH excluding ortho intramolecular Hbond substituents is 1. The highest BCUT2D eigenvalue weighted by molar-refractivity contribution is 7.07. The third-order valence-electron chi connectivity index (χ3n) is 6.23. The predicted molar refractivity (Wildman–Crippen MR) is 146 cm³/mol. The van der Waals surface area contributed by atoms with E-state index in [1.165, 1.54) is 29.1 Å². The first-order chi connectivity index (χ1) is 18.4. The number of anilines is 1. The summed E-state index contributed by atoms with van der Waals surface area (Å²) in [5.74, 6) is 0.535. The average molecular weight is 528 g/mol. The minimum absolute atomic E-state index is 0.0425. The van der Waals surface area contributed by atoms with Crippen LogP contribution in [0.2, 0.25) is 0 Å². The lowest BCUT2D eigenvalue weighted by Crippen LogP contribution is -2.40. The number of amides is 1. The summed E-state index contributed by atoms with van der Waals surface area (Å²) in [6.07, 6.45) is 1.79.